The fraction of sp³-hybridized carbons (Fsp3) is 0.381. The molecule has 3 atom stereocenters. The van der Waals surface area contributed by atoms with Crippen LogP contribution in [0, 0.1) is 5.92 Å². The molecule has 2 aromatic rings. The third-order valence-electron chi connectivity index (χ3n) is 5.57. The summed E-state index contributed by atoms with van der Waals surface area (Å²) in [6.45, 7) is 0. The van der Waals surface area contributed by atoms with Crippen molar-refractivity contribution < 1.29 is 17.9 Å². The summed E-state index contributed by atoms with van der Waals surface area (Å²) in [6, 6.07) is 15.0. The van der Waals surface area contributed by atoms with E-state index in [2.05, 4.69) is 15.9 Å². The number of amides is 1. The lowest BCUT2D eigenvalue weighted by atomic mass is 10.1. The molecule has 1 aliphatic carbocycles. The van der Waals surface area contributed by atoms with Crippen molar-refractivity contribution in [2.45, 2.75) is 24.8 Å². The van der Waals surface area contributed by atoms with Crippen LogP contribution in [0.4, 0.5) is 5.69 Å². The van der Waals surface area contributed by atoms with Crippen LogP contribution in [0.5, 0.6) is 5.75 Å². The van der Waals surface area contributed by atoms with Crippen molar-refractivity contribution in [3.05, 3.63) is 58.6 Å². The number of sulfone groups is 1. The van der Waals surface area contributed by atoms with Gasteiger partial charge >= 0.3 is 0 Å². The second-order valence-electron chi connectivity index (χ2n) is 7.46. The molecule has 0 bridgehead atoms. The Bertz CT molecular complexity index is 972. The number of hydrogen-bond acceptors (Lipinski definition) is 4. The molecule has 0 spiro atoms. The Morgan fingerprint density at radius 1 is 1.11 bits per heavy atom. The van der Waals surface area contributed by atoms with Crippen LogP contribution in [0.2, 0.25) is 0 Å². The Kier molecular flexibility index (Phi) is 5.22. The second-order valence-corrected chi connectivity index (χ2v) is 10.6. The van der Waals surface area contributed by atoms with Crippen LogP contribution >= 0.6 is 15.9 Å². The van der Waals surface area contributed by atoms with Gasteiger partial charge < -0.3 is 9.64 Å². The summed E-state index contributed by atoms with van der Waals surface area (Å²) in [6.07, 6.45) is 1.28. The number of rotatable bonds is 5. The van der Waals surface area contributed by atoms with Crippen molar-refractivity contribution >= 4 is 37.4 Å². The van der Waals surface area contributed by atoms with Gasteiger partial charge in [-0.2, -0.15) is 0 Å². The van der Waals surface area contributed by atoms with Gasteiger partial charge in [0.15, 0.2) is 9.84 Å². The molecule has 148 valence electrons. The molecule has 0 radical (unpaired) electrons. The molecule has 7 heteroatoms. The lowest BCUT2D eigenvalue weighted by Crippen LogP contribution is -2.42. The number of hydrogen-bond donors (Lipinski definition) is 0. The van der Waals surface area contributed by atoms with Gasteiger partial charge in [-0.25, -0.2) is 8.42 Å². The molecule has 2 aromatic carbocycles. The van der Waals surface area contributed by atoms with E-state index in [1.807, 2.05) is 36.4 Å². The van der Waals surface area contributed by atoms with Gasteiger partial charge in [-0.3, -0.25) is 4.79 Å². The highest BCUT2D eigenvalue weighted by Gasteiger charge is 2.48. The number of ether oxygens (including phenoxy) is 1. The zero-order valence-corrected chi connectivity index (χ0v) is 17.9. The Hall–Kier alpha value is -1.86. The van der Waals surface area contributed by atoms with Gasteiger partial charge in [0.25, 0.3) is 0 Å². The van der Waals surface area contributed by atoms with Crippen LogP contribution in [0.25, 0.3) is 0 Å². The SMILES string of the molecule is COc1ccc(N(C(=O)[C@@H]2C[C@H]2c2ccc(Br)cc2)C2CCS(=O)(=O)C2)cc1. The topological polar surface area (TPSA) is 63.7 Å². The van der Waals surface area contributed by atoms with Gasteiger partial charge in [0.05, 0.1) is 24.7 Å². The molecule has 0 N–H and O–H groups in total. The van der Waals surface area contributed by atoms with Gasteiger partial charge in [0, 0.05) is 16.1 Å². The molecule has 1 unspecified atom stereocenters. The molecule has 1 amide bonds. The summed E-state index contributed by atoms with van der Waals surface area (Å²) in [4.78, 5) is 15.1. The monoisotopic (exact) mass is 463 g/mol. The highest BCUT2D eigenvalue weighted by Crippen LogP contribution is 2.49. The van der Waals surface area contributed by atoms with Crippen LogP contribution in [0.3, 0.4) is 0 Å². The van der Waals surface area contributed by atoms with E-state index >= 15 is 0 Å². The van der Waals surface area contributed by atoms with Gasteiger partial charge in [-0.05, 0) is 60.7 Å². The van der Waals surface area contributed by atoms with Crippen LogP contribution in [0.15, 0.2) is 53.0 Å². The van der Waals surface area contributed by atoms with E-state index in [0.29, 0.717) is 12.2 Å². The van der Waals surface area contributed by atoms with Crippen molar-refractivity contribution in [1.29, 1.82) is 0 Å². The van der Waals surface area contributed by atoms with Gasteiger partial charge in [-0.15, -0.1) is 0 Å². The number of carbonyl (C=O) groups excluding carboxylic acids is 1. The van der Waals surface area contributed by atoms with Crippen LogP contribution in [-0.4, -0.2) is 39.0 Å². The molecule has 5 nitrogen and oxygen atoms in total. The number of nitrogens with zero attached hydrogens (tertiary/aromatic N) is 1. The molecule has 1 heterocycles. The van der Waals surface area contributed by atoms with Crippen molar-refractivity contribution in [3.63, 3.8) is 0 Å². The van der Waals surface area contributed by atoms with E-state index in [1.165, 1.54) is 0 Å². The highest BCUT2D eigenvalue weighted by molar-refractivity contribution is 9.10. The minimum Gasteiger partial charge on any atom is -0.497 e. The Morgan fingerprint density at radius 2 is 1.79 bits per heavy atom. The van der Waals surface area contributed by atoms with Gasteiger partial charge in [0.1, 0.15) is 5.75 Å². The summed E-state index contributed by atoms with van der Waals surface area (Å²) in [5.41, 5.74) is 1.88. The number of benzene rings is 2. The van der Waals surface area contributed by atoms with Gasteiger partial charge in [-0.1, -0.05) is 28.1 Å². The van der Waals surface area contributed by atoms with Crippen molar-refractivity contribution in [1.82, 2.24) is 0 Å². The predicted molar refractivity (Wildman–Crippen MR) is 113 cm³/mol. The molecule has 1 aliphatic heterocycles. The first-order valence-corrected chi connectivity index (χ1v) is 11.9. The number of anilines is 1. The van der Waals surface area contributed by atoms with Crippen molar-refractivity contribution in [2.24, 2.45) is 5.92 Å². The maximum Gasteiger partial charge on any atom is 0.231 e. The van der Waals surface area contributed by atoms with E-state index in [0.717, 1.165) is 22.1 Å². The molecule has 0 aromatic heterocycles. The normalized spacial score (nSPS) is 25.3. The zero-order chi connectivity index (χ0) is 19.9. The zero-order valence-electron chi connectivity index (χ0n) is 15.5. The summed E-state index contributed by atoms with van der Waals surface area (Å²) in [5, 5.41) is 0. The molecule has 1 saturated heterocycles. The highest BCUT2D eigenvalue weighted by atomic mass is 79.9. The number of methoxy groups -OCH3 is 1. The molecule has 1 saturated carbocycles. The summed E-state index contributed by atoms with van der Waals surface area (Å²) < 4.78 is 30.3. The summed E-state index contributed by atoms with van der Waals surface area (Å²) in [5.74, 6) is 0.972. The first-order chi connectivity index (χ1) is 13.4. The fourth-order valence-electron chi connectivity index (χ4n) is 3.96. The molecule has 2 aliphatic rings. The minimum atomic E-state index is -3.09. The van der Waals surface area contributed by atoms with Gasteiger partial charge in [0.2, 0.25) is 5.91 Å². The third kappa shape index (κ3) is 3.96. The quantitative estimate of drug-likeness (QED) is 0.676. The molecule has 28 heavy (non-hydrogen) atoms. The number of halogens is 1. The van der Waals surface area contributed by atoms with E-state index in [-0.39, 0.29) is 35.3 Å². The first-order valence-electron chi connectivity index (χ1n) is 9.31. The second kappa shape index (κ2) is 7.52. The van der Waals surface area contributed by atoms with E-state index in [1.54, 1.807) is 24.1 Å². The van der Waals surface area contributed by atoms with Crippen LogP contribution in [-0.2, 0) is 14.6 Å². The Balaban J connectivity index is 1.59. The standard InChI is InChI=1S/C21H22BrNO4S/c1-27-18-8-6-16(7-9-18)23(17-10-11-28(25,26)13-17)21(24)20-12-19(20)14-2-4-15(22)5-3-14/h2-9,17,19-20H,10-13H2,1H3/t17?,19-,20+/m0/s1. The minimum absolute atomic E-state index is 0.0141. The number of carbonyl (C=O) groups is 1. The predicted octanol–water partition coefficient (Wildman–Crippen LogP) is 3.78. The largest absolute Gasteiger partial charge is 0.497 e. The smallest absolute Gasteiger partial charge is 0.231 e. The maximum atomic E-state index is 13.4. The molecule has 2 fully saturated rings. The molecular formula is C21H22BrNO4S. The average Bonchev–Trinajstić information content (AvgIpc) is 3.40. The fourth-order valence-corrected chi connectivity index (χ4v) is 5.93. The molecule has 4 rings (SSSR count). The average molecular weight is 464 g/mol. The summed E-state index contributed by atoms with van der Waals surface area (Å²) >= 11 is 3.44. The van der Waals surface area contributed by atoms with Crippen molar-refractivity contribution in [2.75, 3.05) is 23.5 Å². The first kappa shape index (κ1) is 19.5. The van der Waals surface area contributed by atoms with Crippen LogP contribution in [0.1, 0.15) is 24.3 Å². The third-order valence-corrected chi connectivity index (χ3v) is 7.85. The lowest BCUT2D eigenvalue weighted by Gasteiger charge is -2.29. The van der Waals surface area contributed by atoms with E-state index in [4.69, 9.17) is 4.74 Å². The van der Waals surface area contributed by atoms with Crippen molar-refractivity contribution in [3.8, 4) is 5.75 Å². The molecular weight excluding hydrogens is 442 g/mol. The summed E-state index contributed by atoms with van der Waals surface area (Å²) in [7, 11) is -1.50. The van der Waals surface area contributed by atoms with E-state index in [9.17, 15) is 13.2 Å². The van der Waals surface area contributed by atoms with E-state index < -0.39 is 9.84 Å². The Morgan fingerprint density at radius 3 is 2.36 bits per heavy atom. The Labute approximate surface area is 173 Å². The lowest BCUT2D eigenvalue weighted by molar-refractivity contribution is -0.120. The maximum absolute atomic E-state index is 13.4. The van der Waals surface area contributed by atoms with Crippen LogP contribution < -0.4 is 9.64 Å².